The van der Waals surface area contributed by atoms with E-state index < -0.39 is 10.0 Å². The van der Waals surface area contributed by atoms with Crippen molar-refractivity contribution in [3.63, 3.8) is 0 Å². The second kappa shape index (κ2) is 9.55. The number of hydrogen-bond acceptors (Lipinski definition) is 3. The van der Waals surface area contributed by atoms with Crippen molar-refractivity contribution < 1.29 is 13.2 Å². The minimum Gasteiger partial charge on any atom is -0.326 e. The first kappa shape index (κ1) is 21.5. The number of anilines is 1. The van der Waals surface area contributed by atoms with Gasteiger partial charge in [-0.05, 0) is 68.0 Å². The molecular weight excluding hydrogens is 384 g/mol. The van der Waals surface area contributed by atoms with Crippen molar-refractivity contribution in [3.05, 3.63) is 59.2 Å². The van der Waals surface area contributed by atoms with E-state index in [2.05, 4.69) is 5.32 Å². The average molecular weight is 415 g/mol. The summed E-state index contributed by atoms with van der Waals surface area (Å²) in [6.45, 7) is 5.21. The summed E-state index contributed by atoms with van der Waals surface area (Å²) in [7, 11) is -3.43. The van der Waals surface area contributed by atoms with Crippen LogP contribution >= 0.6 is 0 Å². The Morgan fingerprint density at radius 2 is 1.62 bits per heavy atom. The third-order valence-electron chi connectivity index (χ3n) is 5.65. The van der Waals surface area contributed by atoms with Gasteiger partial charge >= 0.3 is 0 Å². The molecule has 29 heavy (non-hydrogen) atoms. The van der Waals surface area contributed by atoms with Gasteiger partial charge in [-0.25, -0.2) is 8.42 Å². The molecule has 1 fully saturated rings. The quantitative estimate of drug-likeness (QED) is 0.760. The molecule has 5 nitrogen and oxygen atoms in total. The summed E-state index contributed by atoms with van der Waals surface area (Å²) in [5.41, 5.74) is 4.01. The Balaban J connectivity index is 1.59. The summed E-state index contributed by atoms with van der Waals surface area (Å²) >= 11 is 0. The van der Waals surface area contributed by atoms with Gasteiger partial charge < -0.3 is 5.32 Å². The molecule has 1 saturated heterocycles. The molecule has 0 aromatic heterocycles. The molecule has 156 valence electrons. The highest BCUT2D eigenvalue weighted by molar-refractivity contribution is 7.89. The van der Waals surface area contributed by atoms with E-state index in [1.165, 1.54) is 0 Å². The molecule has 0 unspecified atom stereocenters. The molecule has 0 bridgehead atoms. The first-order chi connectivity index (χ1) is 13.9. The van der Waals surface area contributed by atoms with Crippen molar-refractivity contribution in [2.45, 2.75) is 57.3 Å². The number of benzene rings is 2. The number of nitrogens with one attached hydrogen (secondary N) is 1. The molecule has 1 heterocycles. The first-order valence-corrected chi connectivity index (χ1v) is 11.8. The molecule has 1 N–H and O–H groups in total. The van der Waals surface area contributed by atoms with Crippen molar-refractivity contribution in [3.8, 4) is 0 Å². The van der Waals surface area contributed by atoms with Gasteiger partial charge in [0.2, 0.25) is 15.9 Å². The topological polar surface area (TPSA) is 66.5 Å². The van der Waals surface area contributed by atoms with Crippen LogP contribution < -0.4 is 5.32 Å². The van der Waals surface area contributed by atoms with Crippen molar-refractivity contribution in [1.82, 2.24) is 4.31 Å². The van der Waals surface area contributed by atoms with Gasteiger partial charge in [0.1, 0.15) is 0 Å². The van der Waals surface area contributed by atoms with E-state index in [9.17, 15) is 13.2 Å². The zero-order valence-corrected chi connectivity index (χ0v) is 18.1. The number of carbonyl (C=O) groups is 1. The van der Waals surface area contributed by atoms with E-state index in [1.54, 1.807) is 16.4 Å². The lowest BCUT2D eigenvalue weighted by molar-refractivity contribution is -0.116. The van der Waals surface area contributed by atoms with Gasteiger partial charge in [-0.15, -0.1) is 0 Å². The van der Waals surface area contributed by atoms with Gasteiger partial charge in [0, 0.05) is 25.2 Å². The fraction of sp³-hybridized carbons (Fsp3) is 0.435. The molecule has 2 aromatic carbocycles. The number of aryl methyl sites for hydroxylation is 2. The maximum absolute atomic E-state index is 12.8. The number of rotatable bonds is 6. The summed E-state index contributed by atoms with van der Waals surface area (Å²) in [4.78, 5) is 12.6. The molecule has 1 amide bonds. The number of carbonyl (C=O) groups excluding carboxylic acids is 1. The lowest BCUT2D eigenvalue weighted by Gasteiger charge is -2.20. The number of hydrogen-bond donors (Lipinski definition) is 1. The highest BCUT2D eigenvalue weighted by Gasteiger charge is 2.24. The Hall–Kier alpha value is -2.18. The third kappa shape index (κ3) is 5.46. The lowest BCUT2D eigenvalue weighted by Crippen LogP contribution is -2.31. The van der Waals surface area contributed by atoms with Gasteiger partial charge in [-0.3, -0.25) is 4.79 Å². The zero-order chi connectivity index (χ0) is 20.9. The summed E-state index contributed by atoms with van der Waals surface area (Å²) in [6.07, 6.45) is 4.95. The molecular formula is C23H30N2O3S. The largest absolute Gasteiger partial charge is 0.326 e. The third-order valence-corrected chi connectivity index (χ3v) is 7.56. The normalized spacial score (nSPS) is 15.7. The van der Waals surface area contributed by atoms with Gasteiger partial charge in [-0.1, -0.05) is 37.1 Å². The summed E-state index contributed by atoms with van der Waals surface area (Å²) in [5, 5.41) is 2.96. The Morgan fingerprint density at radius 3 is 2.28 bits per heavy atom. The SMILES string of the molecule is Cc1cccc(NC(=O)CCc2ccc(S(=O)(=O)N3CCCCCC3)cc2)c1C. The summed E-state index contributed by atoms with van der Waals surface area (Å²) < 4.78 is 27.3. The summed E-state index contributed by atoms with van der Waals surface area (Å²) in [6, 6.07) is 12.8. The maximum Gasteiger partial charge on any atom is 0.243 e. The fourth-order valence-corrected chi connectivity index (χ4v) is 5.13. The molecule has 0 spiro atoms. The van der Waals surface area contributed by atoms with Crippen LogP contribution in [0.1, 0.15) is 48.8 Å². The monoisotopic (exact) mass is 414 g/mol. The van der Waals surface area contributed by atoms with E-state index in [-0.39, 0.29) is 5.91 Å². The highest BCUT2D eigenvalue weighted by atomic mass is 32.2. The van der Waals surface area contributed by atoms with E-state index in [0.717, 1.165) is 48.1 Å². The predicted octanol–water partition coefficient (Wildman–Crippen LogP) is 4.44. The number of nitrogens with zero attached hydrogens (tertiary/aromatic N) is 1. The van der Waals surface area contributed by atoms with Crippen molar-refractivity contribution in [1.29, 1.82) is 0 Å². The van der Waals surface area contributed by atoms with Gasteiger partial charge in [0.15, 0.2) is 0 Å². The number of sulfonamides is 1. The van der Waals surface area contributed by atoms with Crippen molar-refractivity contribution in [2.75, 3.05) is 18.4 Å². The smallest absolute Gasteiger partial charge is 0.243 e. The van der Waals surface area contributed by atoms with Crippen LogP contribution in [0, 0.1) is 13.8 Å². The van der Waals surface area contributed by atoms with Crippen LogP contribution in [0.25, 0.3) is 0 Å². The van der Waals surface area contributed by atoms with Crippen LogP contribution in [0.2, 0.25) is 0 Å². The Bertz CT molecular complexity index is 945. The van der Waals surface area contributed by atoms with Crippen molar-refractivity contribution >= 4 is 21.6 Å². The van der Waals surface area contributed by atoms with Crippen LogP contribution in [0.3, 0.4) is 0 Å². The maximum atomic E-state index is 12.8. The Morgan fingerprint density at radius 1 is 0.966 bits per heavy atom. The van der Waals surface area contributed by atoms with Crippen LogP contribution in [0.4, 0.5) is 5.69 Å². The second-order valence-electron chi connectivity index (χ2n) is 7.76. The predicted molar refractivity (Wildman–Crippen MR) is 117 cm³/mol. The molecule has 1 aliphatic heterocycles. The minimum absolute atomic E-state index is 0.0417. The molecule has 0 saturated carbocycles. The molecule has 2 aromatic rings. The fourth-order valence-electron chi connectivity index (χ4n) is 3.62. The molecule has 0 atom stereocenters. The second-order valence-corrected chi connectivity index (χ2v) is 9.70. The molecule has 1 aliphatic rings. The highest BCUT2D eigenvalue weighted by Crippen LogP contribution is 2.21. The van der Waals surface area contributed by atoms with E-state index in [0.29, 0.717) is 30.8 Å². The standard InChI is InChI=1S/C23H30N2O3S/c1-18-8-7-9-22(19(18)2)24-23(26)15-12-20-10-13-21(14-11-20)29(27,28)25-16-5-3-4-6-17-25/h7-11,13-14H,3-6,12,15-17H2,1-2H3,(H,24,26). The van der Waals surface area contributed by atoms with Gasteiger partial charge in [0.25, 0.3) is 0 Å². The van der Waals surface area contributed by atoms with E-state index in [4.69, 9.17) is 0 Å². The zero-order valence-electron chi connectivity index (χ0n) is 17.3. The minimum atomic E-state index is -3.43. The average Bonchev–Trinajstić information content (AvgIpc) is 3.00. The molecule has 3 rings (SSSR count). The van der Waals surface area contributed by atoms with Crippen LogP contribution in [0.15, 0.2) is 47.4 Å². The van der Waals surface area contributed by atoms with Crippen LogP contribution in [0.5, 0.6) is 0 Å². The lowest BCUT2D eigenvalue weighted by atomic mass is 10.1. The molecule has 0 aliphatic carbocycles. The Kier molecular flexibility index (Phi) is 7.09. The Labute approximate surface area is 174 Å². The van der Waals surface area contributed by atoms with E-state index >= 15 is 0 Å². The number of amides is 1. The van der Waals surface area contributed by atoms with Gasteiger partial charge in [-0.2, -0.15) is 4.31 Å². The molecule has 0 radical (unpaired) electrons. The molecule has 6 heteroatoms. The van der Waals surface area contributed by atoms with Crippen LogP contribution in [-0.2, 0) is 21.2 Å². The summed E-state index contributed by atoms with van der Waals surface area (Å²) in [5.74, 6) is -0.0417. The first-order valence-electron chi connectivity index (χ1n) is 10.3. The van der Waals surface area contributed by atoms with Crippen LogP contribution in [-0.4, -0.2) is 31.7 Å². The van der Waals surface area contributed by atoms with E-state index in [1.807, 2.05) is 44.2 Å². The van der Waals surface area contributed by atoms with Crippen molar-refractivity contribution in [2.24, 2.45) is 0 Å². The van der Waals surface area contributed by atoms with Gasteiger partial charge in [0.05, 0.1) is 4.90 Å².